The molecule has 1 atom stereocenters. The van der Waals surface area contributed by atoms with Gasteiger partial charge in [0.05, 0.1) is 24.3 Å². The van der Waals surface area contributed by atoms with Gasteiger partial charge < -0.3 is 15.2 Å². The second-order valence-electron chi connectivity index (χ2n) is 6.56. The molecule has 164 valence electrons. The molecular weight excluding hydrogens is 416 g/mol. The molecule has 0 bridgehead atoms. The van der Waals surface area contributed by atoms with Crippen LogP contribution < -0.4 is 5.32 Å². The number of rotatable bonds is 8. The van der Waals surface area contributed by atoms with Gasteiger partial charge >= 0.3 is 18.4 Å². The highest BCUT2D eigenvalue weighted by Gasteiger charge is 2.36. The Morgan fingerprint density at radius 3 is 2.03 bits per heavy atom. The lowest BCUT2D eigenvalue weighted by Gasteiger charge is -2.19. The molecule has 2 rings (SSSR count). The molecule has 4 nitrogen and oxygen atoms in total. The Balaban J connectivity index is 2.12. The van der Waals surface area contributed by atoms with Crippen molar-refractivity contribution >= 4 is 6.09 Å². The van der Waals surface area contributed by atoms with Gasteiger partial charge in [0.25, 0.3) is 0 Å². The van der Waals surface area contributed by atoms with E-state index in [9.17, 15) is 31.1 Å². The van der Waals surface area contributed by atoms with Crippen molar-refractivity contribution in [2.45, 2.75) is 31.3 Å². The molecule has 2 aromatic rings. The number of hydrogen-bond acceptors (Lipinski definition) is 2. The third-order valence-corrected chi connectivity index (χ3v) is 4.28. The predicted molar refractivity (Wildman–Crippen MR) is 95.9 cm³/mol. The van der Waals surface area contributed by atoms with Gasteiger partial charge in [0.1, 0.15) is 0 Å². The van der Waals surface area contributed by atoms with Gasteiger partial charge in [-0.05, 0) is 35.7 Å². The van der Waals surface area contributed by atoms with Gasteiger partial charge in [-0.3, -0.25) is 0 Å². The second-order valence-corrected chi connectivity index (χ2v) is 6.56. The number of nitrogens with one attached hydrogen (secondary N) is 1. The van der Waals surface area contributed by atoms with Crippen molar-refractivity contribution in [1.29, 1.82) is 0 Å². The molecule has 30 heavy (non-hydrogen) atoms. The Hall–Kier alpha value is -2.75. The zero-order chi connectivity index (χ0) is 22.4. The van der Waals surface area contributed by atoms with Crippen LogP contribution >= 0.6 is 0 Å². The van der Waals surface area contributed by atoms with Crippen molar-refractivity contribution in [2.24, 2.45) is 0 Å². The molecule has 0 radical (unpaired) electrons. The van der Waals surface area contributed by atoms with Gasteiger partial charge in [-0.25, -0.2) is 4.79 Å². The largest absolute Gasteiger partial charge is 0.465 e. The molecular formula is C20H19F6NO3. The fraction of sp³-hybridized carbons (Fsp3) is 0.350. The first kappa shape index (κ1) is 23.5. The van der Waals surface area contributed by atoms with Crippen LogP contribution in [0.3, 0.4) is 0 Å². The molecule has 1 amide bonds. The number of carbonyl (C=O) groups is 1. The molecule has 0 saturated carbocycles. The monoisotopic (exact) mass is 435 g/mol. The molecule has 0 saturated heterocycles. The Morgan fingerprint density at radius 2 is 1.53 bits per heavy atom. The quantitative estimate of drug-likeness (QED) is 0.525. The Kier molecular flexibility index (Phi) is 7.71. The lowest BCUT2D eigenvalue weighted by molar-refractivity contribution is -0.143. The minimum atomic E-state index is -4.93. The van der Waals surface area contributed by atoms with Gasteiger partial charge in [-0.15, -0.1) is 0 Å². The summed E-state index contributed by atoms with van der Waals surface area (Å²) in [4.78, 5) is 10.6. The van der Waals surface area contributed by atoms with Crippen LogP contribution in [0.1, 0.15) is 34.6 Å². The normalized spacial score (nSPS) is 13.1. The molecule has 0 aliphatic carbocycles. The lowest BCUT2D eigenvalue weighted by Crippen LogP contribution is -2.24. The van der Waals surface area contributed by atoms with Crippen molar-refractivity contribution in [3.8, 4) is 0 Å². The van der Waals surface area contributed by atoms with Gasteiger partial charge in [-0.1, -0.05) is 30.3 Å². The average molecular weight is 435 g/mol. The summed E-state index contributed by atoms with van der Waals surface area (Å²) in [5.74, 6) is -0.300. The molecule has 0 heterocycles. The van der Waals surface area contributed by atoms with Crippen LogP contribution in [0.15, 0.2) is 48.5 Å². The zero-order valence-electron chi connectivity index (χ0n) is 15.6. The lowest BCUT2D eigenvalue weighted by atomic mass is 9.96. The van der Waals surface area contributed by atoms with Crippen LogP contribution in [0.2, 0.25) is 0 Å². The minimum absolute atomic E-state index is 0.0110. The number of halogens is 6. The Morgan fingerprint density at radius 1 is 0.967 bits per heavy atom. The van der Waals surface area contributed by atoms with Gasteiger partial charge in [0, 0.05) is 12.5 Å². The maximum absolute atomic E-state index is 12.9. The van der Waals surface area contributed by atoms with Crippen LogP contribution in [0.4, 0.5) is 31.1 Å². The fourth-order valence-corrected chi connectivity index (χ4v) is 2.85. The van der Waals surface area contributed by atoms with E-state index in [-0.39, 0.29) is 30.7 Å². The van der Waals surface area contributed by atoms with Crippen LogP contribution in [0.25, 0.3) is 0 Å². The molecule has 0 fully saturated rings. The van der Waals surface area contributed by atoms with E-state index in [0.29, 0.717) is 18.6 Å². The van der Waals surface area contributed by atoms with Gasteiger partial charge in [0.15, 0.2) is 0 Å². The maximum atomic E-state index is 12.9. The summed E-state index contributed by atoms with van der Waals surface area (Å²) in [7, 11) is 0. The van der Waals surface area contributed by atoms with E-state index in [1.807, 2.05) is 0 Å². The molecule has 2 N–H and O–H groups in total. The van der Waals surface area contributed by atoms with Crippen molar-refractivity contribution in [2.75, 3.05) is 13.2 Å². The highest BCUT2D eigenvalue weighted by molar-refractivity contribution is 5.64. The first-order valence-electron chi connectivity index (χ1n) is 8.84. The zero-order valence-corrected chi connectivity index (χ0v) is 15.6. The summed E-state index contributed by atoms with van der Waals surface area (Å²) >= 11 is 0. The molecule has 0 aliphatic heterocycles. The number of carboxylic acid groups (broad SMARTS) is 1. The molecule has 2 aromatic carbocycles. The topological polar surface area (TPSA) is 58.6 Å². The van der Waals surface area contributed by atoms with Crippen molar-refractivity contribution < 1.29 is 41.0 Å². The molecule has 1 unspecified atom stereocenters. The predicted octanol–water partition coefficient (Wildman–Crippen LogP) is 5.68. The number of benzene rings is 2. The number of hydrogen-bond donors (Lipinski definition) is 2. The van der Waals surface area contributed by atoms with E-state index < -0.39 is 36.2 Å². The molecule has 0 spiro atoms. The highest BCUT2D eigenvalue weighted by Crippen LogP contribution is 2.36. The van der Waals surface area contributed by atoms with E-state index in [0.717, 1.165) is 5.56 Å². The van der Waals surface area contributed by atoms with Crippen LogP contribution in [-0.2, 0) is 23.7 Å². The second kappa shape index (κ2) is 9.84. The van der Waals surface area contributed by atoms with Gasteiger partial charge in [-0.2, -0.15) is 26.3 Å². The van der Waals surface area contributed by atoms with E-state index in [1.54, 1.807) is 30.3 Å². The third-order valence-electron chi connectivity index (χ3n) is 4.28. The van der Waals surface area contributed by atoms with E-state index >= 15 is 0 Å². The minimum Gasteiger partial charge on any atom is -0.465 e. The average Bonchev–Trinajstić information content (AvgIpc) is 2.65. The fourth-order valence-electron chi connectivity index (χ4n) is 2.85. The highest BCUT2D eigenvalue weighted by atomic mass is 19.4. The maximum Gasteiger partial charge on any atom is 0.416 e. The standard InChI is InChI=1S/C20H19F6NO3/c21-19(22,23)16-8-13(9-17(10-16)20(24,25)26)11-30-12-15(6-7-27-18(28)29)14-4-2-1-3-5-14/h1-5,8-10,15,27H,6-7,11-12H2,(H,28,29). The van der Waals surface area contributed by atoms with E-state index in [4.69, 9.17) is 9.84 Å². The van der Waals surface area contributed by atoms with E-state index in [2.05, 4.69) is 5.32 Å². The Bertz CT molecular complexity index is 804. The summed E-state index contributed by atoms with van der Waals surface area (Å²) in [5.41, 5.74) is -2.25. The van der Waals surface area contributed by atoms with Gasteiger partial charge in [0.2, 0.25) is 0 Å². The number of alkyl halides is 6. The summed E-state index contributed by atoms with van der Waals surface area (Å²) in [5, 5.41) is 10.9. The summed E-state index contributed by atoms with van der Waals surface area (Å²) in [6.07, 6.45) is -10.7. The van der Waals surface area contributed by atoms with Crippen molar-refractivity contribution in [3.05, 3.63) is 70.8 Å². The van der Waals surface area contributed by atoms with Crippen LogP contribution in [0.5, 0.6) is 0 Å². The molecule has 0 aliphatic rings. The van der Waals surface area contributed by atoms with E-state index in [1.165, 1.54) is 0 Å². The molecule has 0 aromatic heterocycles. The smallest absolute Gasteiger partial charge is 0.416 e. The van der Waals surface area contributed by atoms with Crippen molar-refractivity contribution in [3.63, 3.8) is 0 Å². The molecule has 10 heteroatoms. The summed E-state index contributed by atoms with van der Waals surface area (Å²) in [6.45, 7) is -0.356. The van der Waals surface area contributed by atoms with Crippen LogP contribution in [-0.4, -0.2) is 24.4 Å². The summed E-state index contributed by atoms with van der Waals surface area (Å²) in [6, 6.07) is 10.2. The first-order chi connectivity index (χ1) is 14.0. The Labute approximate surface area is 168 Å². The SMILES string of the molecule is O=C(O)NCCC(COCc1cc(C(F)(F)F)cc(C(F)(F)F)c1)c1ccccc1. The first-order valence-corrected chi connectivity index (χ1v) is 8.84. The summed E-state index contributed by atoms with van der Waals surface area (Å²) < 4.78 is 83.1. The number of amides is 1. The third kappa shape index (κ3) is 7.25. The van der Waals surface area contributed by atoms with Crippen molar-refractivity contribution in [1.82, 2.24) is 5.32 Å². The van der Waals surface area contributed by atoms with Crippen LogP contribution in [0, 0.1) is 0 Å². The number of ether oxygens (including phenoxy) is 1.